The number of ether oxygens (including phenoxy) is 1. The molecule has 2 aromatic heterocycles. The second-order valence-corrected chi connectivity index (χ2v) is 5.85. The van der Waals surface area contributed by atoms with E-state index in [0.717, 1.165) is 28.3 Å². The predicted molar refractivity (Wildman–Crippen MR) is 99.7 cm³/mol. The molecule has 0 unspecified atom stereocenters. The lowest BCUT2D eigenvalue weighted by molar-refractivity contribution is 0.415. The molecular formula is C19H15ClN4O. The second-order valence-electron chi connectivity index (χ2n) is 5.45. The van der Waals surface area contributed by atoms with Crippen LogP contribution in [0.2, 0.25) is 5.02 Å². The van der Waals surface area contributed by atoms with Crippen molar-refractivity contribution in [2.75, 3.05) is 12.4 Å². The van der Waals surface area contributed by atoms with Gasteiger partial charge in [-0.25, -0.2) is 9.97 Å². The highest BCUT2D eigenvalue weighted by molar-refractivity contribution is 6.33. The fraction of sp³-hybridized carbons (Fsp3) is 0.0526. The van der Waals surface area contributed by atoms with Crippen molar-refractivity contribution in [1.82, 2.24) is 14.4 Å². The Balaban J connectivity index is 1.76. The van der Waals surface area contributed by atoms with Crippen molar-refractivity contribution in [1.29, 1.82) is 0 Å². The monoisotopic (exact) mass is 350 g/mol. The molecule has 0 aliphatic carbocycles. The fourth-order valence-corrected chi connectivity index (χ4v) is 2.86. The summed E-state index contributed by atoms with van der Waals surface area (Å²) in [5, 5.41) is 3.88. The highest BCUT2D eigenvalue weighted by Gasteiger charge is 2.11. The van der Waals surface area contributed by atoms with Crippen LogP contribution in [0.5, 0.6) is 5.75 Å². The van der Waals surface area contributed by atoms with Gasteiger partial charge in [0.05, 0.1) is 29.7 Å². The lowest BCUT2D eigenvalue weighted by Gasteiger charge is -2.09. The predicted octanol–water partition coefficient (Wildman–Crippen LogP) is 4.80. The maximum Gasteiger partial charge on any atom is 0.180 e. The van der Waals surface area contributed by atoms with Gasteiger partial charge in [0, 0.05) is 18.0 Å². The molecule has 0 aliphatic rings. The lowest BCUT2D eigenvalue weighted by atomic mass is 10.1. The Hall–Kier alpha value is -3.05. The number of imidazole rings is 1. The molecule has 6 heteroatoms. The van der Waals surface area contributed by atoms with Crippen molar-refractivity contribution in [3.63, 3.8) is 0 Å². The van der Waals surface area contributed by atoms with E-state index in [1.54, 1.807) is 13.3 Å². The normalized spacial score (nSPS) is 10.8. The number of para-hydroxylation sites is 1. The van der Waals surface area contributed by atoms with E-state index in [1.807, 2.05) is 65.3 Å². The Kier molecular flexibility index (Phi) is 3.99. The summed E-state index contributed by atoms with van der Waals surface area (Å²) in [5.74, 6) is 1.47. The molecule has 25 heavy (non-hydrogen) atoms. The Morgan fingerprint density at radius 3 is 2.60 bits per heavy atom. The summed E-state index contributed by atoms with van der Waals surface area (Å²) >= 11 is 6.23. The molecule has 0 bridgehead atoms. The van der Waals surface area contributed by atoms with Crippen molar-refractivity contribution < 1.29 is 4.74 Å². The van der Waals surface area contributed by atoms with Gasteiger partial charge in [-0.1, -0.05) is 23.7 Å². The SMILES string of the molecule is COc1ccc(-c2cnc3c(Nc4ccccc4Cl)nccn23)cc1. The lowest BCUT2D eigenvalue weighted by Crippen LogP contribution is -1.99. The van der Waals surface area contributed by atoms with Crippen LogP contribution in [0.15, 0.2) is 67.1 Å². The summed E-state index contributed by atoms with van der Waals surface area (Å²) in [6, 6.07) is 15.4. The molecule has 4 rings (SSSR count). The molecule has 124 valence electrons. The van der Waals surface area contributed by atoms with Crippen LogP contribution in [-0.4, -0.2) is 21.5 Å². The molecule has 1 N–H and O–H groups in total. The Morgan fingerprint density at radius 1 is 1.04 bits per heavy atom. The minimum atomic E-state index is 0.633. The fourth-order valence-electron chi connectivity index (χ4n) is 2.67. The summed E-state index contributed by atoms with van der Waals surface area (Å²) in [7, 11) is 1.65. The summed E-state index contributed by atoms with van der Waals surface area (Å²) < 4.78 is 7.21. The highest BCUT2D eigenvalue weighted by Crippen LogP contribution is 2.28. The van der Waals surface area contributed by atoms with Crippen LogP contribution in [0, 0.1) is 0 Å². The standard InChI is InChI=1S/C19H15ClN4O/c1-25-14-8-6-13(7-9-14)17-12-22-19-18(21-10-11-24(17)19)23-16-5-3-2-4-15(16)20/h2-12H,1H3,(H,21,23). The number of methoxy groups -OCH3 is 1. The maximum atomic E-state index is 6.23. The third-order valence-electron chi connectivity index (χ3n) is 3.94. The summed E-state index contributed by atoms with van der Waals surface area (Å²) in [4.78, 5) is 8.93. The zero-order chi connectivity index (χ0) is 17.2. The minimum Gasteiger partial charge on any atom is -0.497 e. The molecular weight excluding hydrogens is 336 g/mol. The van der Waals surface area contributed by atoms with Gasteiger partial charge in [-0.3, -0.25) is 4.40 Å². The van der Waals surface area contributed by atoms with E-state index >= 15 is 0 Å². The van der Waals surface area contributed by atoms with Crippen LogP contribution in [-0.2, 0) is 0 Å². The molecule has 0 amide bonds. The third-order valence-corrected chi connectivity index (χ3v) is 4.27. The zero-order valence-electron chi connectivity index (χ0n) is 13.5. The number of rotatable bonds is 4. The molecule has 0 spiro atoms. The molecule has 0 fully saturated rings. The third kappa shape index (κ3) is 2.90. The number of nitrogens with zero attached hydrogens (tertiary/aromatic N) is 3. The van der Waals surface area contributed by atoms with Gasteiger partial charge >= 0.3 is 0 Å². The molecule has 4 aromatic rings. The smallest absolute Gasteiger partial charge is 0.180 e. The maximum absolute atomic E-state index is 6.23. The van der Waals surface area contributed by atoms with E-state index in [9.17, 15) is 0 Å². The van der Waals surface area contributed by atoms with E-state index in [0.29, 0.717) is 10.8 Å². The number of aromatic nitrogens is 3. The molecule has 2 aromatic carbocycles. The van der Waals surface area contributed by atoms with Crippen molar-refractivity contribution in [2.24, 2.45) is 0 Å². The number of anilines is 2. The first-order chi connectivity index (χ1) is 12.3. The van der Waals surface area contributed by atoms with Gasteiger partial charge < -0.3 is 10.1 Å². The zero-order valence-corrected chi connectivity index (χ0v) is 14.2. The molecule has 2 heterocycles. The van der Waals surface area contributed by atoms with Gasteiger partial charge in [-0.15, -0.1) is 0 Å². The Labute approximate surface area is 149 Å². The van der Waals surface area contributed by atoms with Crippen molar-refractivity contribution >= 4 is 28.8 Å². The first-order valence-electron chi connectivity index (χ1n) is 7.74. The van der Waals surface area contributed by atoms with E-state index in [-0.39, 0.29) is 0 Å². The molecule has 0 saturated carbocycles. The van der Waals surface area contributed by atoms with Crippen molar-refractivity contribution in [2.45, 2.75) is 0 Å². The largest absolute Gasteiger partial charge is 0.497 e. The van der Waals surface area contributed by atoms with Crippen LogP contribution < -0.4 is 10.1 Å². The van der Waals surface area contributed by atoms with Gasteiger partial charge in [0.2, 0.25) is 0 Å². The van der Waals surface area contributed by atoms with Crippen LogP contribution in [0.25, 0.3) is 16.9 Å². The number of fused-ring (bicyclic) bond motifs is 1. The Bertz CT molecular complexity index is 1030. The average molecular weight is 351 g/mol. The van der Waals surface area contributed by atoms with Gasteiger partial charge in [-0.2, -0.15) is 0 Å². The van der Waals surface area contributed by atoms with E-state index in [2.05, 4.69) is 15.3 Å². The number of benzene rings is 2. The number of nitrogens with one attached hydrogen (secondary N) is 1. The molecule has 0 aliphatic heterocycles. The van der Waals surface area contributed by atoms with E-state index < -0.39 is 0 Å². The van der Waals surface area contributed by atoms with Crippen LogP contribution >= 0.6 is 11.6 Å². The second kappa shape index (κ2) is 6.45. The van der Waals surface area contributed by atoms with Crippen LogP contribution in [0.1, 0.15) is 0 Å². The van der Waals surface area contributed by atoms with Crippen LogP contribution in [0.3, 0.4) is 0 Å². The van der Waals surface area contributed by atoms with Gasteiger partial charge in [0.25, 0.3) is 0 Å². The quantitative estimate of drug-likeness (QED) is 0.574. The topological polar surface area (TPSA) is 51.5 Å². The van der Waals surface area contributed by atoms with E-state index in [1.165, 1.54) is 0 Å². The summed E-state index contributed by atoms with van der Waals surface area (Å²) in [6.07, 6.45) is 5.46. The summed E-state index contributed by atoms with van der Waals surface area (Å²) in [5.41, 5.74) is 3.54. The molecule has 0 saturated heterocycles. The van der Waals surface area contributed by atoms with Gasteiger partial charge in [0.1, 0.15) is 5.75 Å². The molecule has 0 atom stereocenters. The Morgan fingerprint density at radius 2 is 1.84 bits per heavy atom. The van der Waals surface area contributed by atoms with Crippen molar-refractivity contribution in [3.05, 3.63) is 72.1 Å². The highest BCUT2D eigenvalue weighted by atomic mass is 35.5. The first-order valence-corrected chi connectivity index (χ1v) is 8.12. The average Bonchev–Trinajstić information content (AvgIpc) is 3.09. The molecule has 0 radical (unpaired) electrons. The van der Waals surface area contributed by atoms with Crippen LogP contribution in [0.4, 0.5) is 11.5 Å². The number of hydrogen-bond donors (Lipinski definition) is 1. The van der Waals surface area contributed by atoms with Crippen molar-refractivity contribution in [3.8, 4) is 17.0 Å². The van der Waals surface area contributed by atoms with E-state index in [4.69, 9.17) is 16.3 Å². The number of hydrogen-bond acceptors (Lipinski definition) is 4. The van der Waals surface area contributed by atoms with Gasteiger partial charge in [-0.05, 0) is 36.4 Å². The first kappa shape index (κ1) is 15.5. The summed E-state index contributed by atoms with van der Waals surface area (Å²) in [6.45, 7) is 0. The minimum absolute atomic E-state index is 0.633. The molecule has 5 nitrogen and oxygen atoms in total. The number of halogens is 1. The van der Waals surface area contributed by atoms with Gasteiger partial charge in [0.15, 0.2) is 11.5 Å².